The highest BCUT2D eigenvalue weighted by atomic mass is 16.6. The van der Waals surface area contributed by atoms with Crippen LogP contribution in [0.15, 0.2) is 12.3 Å². The molecule has 0 spiro atoms. The standard InChI is InChI=1S/C11H15N3O5/c1-7-3-8(14(17)18)5-12-11(7)13-6-9(19-2)4-10(15)16/h3,5,9H,4,6H2,1-2H3,(H,12,13)(H,15,16). The lowest BCUT2D eigenvalue weighted by molar-refractivity contribution is -0.385. The fraction of sp³-hybridized carbons (Fsp3) is 0.455. The molecule has 1 aromatic rings. The van der Waals surface area contributed by atoms with Gasteiger partial charge in [-0.25, -0.2) is 4.98 Å². The fourth-order valence-corrected chi connectivity index (χ4v) is 1.49. The van der Waals surface area contributed by atoms with E-state index in [4.69, 9.17) is 9.84 Å². The van der Waals surface area contributed by atoms with Gasteiger partial charge in [0.15, 0.2) is 0 Å². The number of pyridine rings is 1. The molecule has 0 aliphatic carbocycles. The van der Waals surface area contributed by atoms with Gasteiger partial charge >= 0.3 is 5.97 Å². The second-order valence-corrected chi connectivity index (χ2v) is 3.95. The molecule has 8 heteroatoms. The van der Waals surface area contributed by atoms with Crippen molar-refractivity contribution in [1.82, 2.24) is 4.98 Å². The Morgan fingerprint density at radius 3 is 2.84 bits per heavy atom. The van der Waals surface area contributed by atoms with Crippen LogP contribution in [0.1, 0.15) is 12.0 Å². The lowest BCUT2D eigenvalue weighted by Gasteiger charge is -2.15. The van der Waals surface area contributed by atoms with Gasteiger partial charge in [-0.2, -0.15) is 0 Å². The van der Waals surface area contributed by atoms with Crippen LogP contribution < -0.4 is 5.32 Å². The van der Waals surface area contributed by atoms with Crippen LogP contribution in [0.4, 0.5) is 11.5 Å². The van der Waals surface area contributed by atoms with Crippen LogP contribution >= 0.6 is 0 Å². The van der Waals surface area contributed by atoms with Gasteiger partial charge in [-0.15, -0.1) is 0 Å². The smallest absolute Gasteiger partial charge is 0.306 e. The topological polar surface area (TPSA) is 115 Å². The summed E-state index contributed by atoms with van der Waals surface area (Å²) >= 11 is 0. The summed E-state index contributed by atoms with van der Waals surface area (Å²) in [7, 11) is 1.42. The van der Waals surface area contributed by atoms with Crippen LogP contribution in [0.3, 0.4) is 0 Å². The maximum absolute atomic E-state index is 10.6. The van der Waals surface area contributed by atoms with E-state index in [9.17, 15) is 14.9 Å². The zero-order valence-electron chi connectivity index (χ0n) is 10.6. The van der Waals surface area contributed by atoms with Crippen LogP contribution in [0.2, 0.25) is 0 Å². The van der Waals surface area contributed by atoms with E-state index < -0.39 is 17.0 Å². The molecule has 104 valence electrons. The second-order valence-electron chi connectivity index (χ2n) is 3.95. The second kappa shape index (κ2) is 6.64. The van der Waals surface area contributed by atoms with Crippen LogP contribution in [0.25, 0.3) is 0 Å². The van der Waals surface area contributed by atoms with Gasteiger partial charge < -0.3 is 15.2 Å². The third kappa shape index (κ3) is 4.51. The van der Waals surface area contributed by atoms with Gasteiger partial charge in [0.05, 0.1) is 17.4 Å². The van der Waals surface area contributed by atoms with E-state index in [1.165, 1.54) is 13.2 Å². The van der Waals surface area contributed by atoms with Crippen molar-refractivity contribution in [3.05, 3.63) is 27.9 Å². The van der Waals surface area contributed by atoms with E-state index in [1.807, 2.05) is 0 Å². The number of aryl methyl sites for hydroxylation is 1. The Bertz CT molecular complexity index is 477. The van der Waals surface area contributed by atoms with Gasteiger partial charge in [0.2, 0.25) is 0 Å². The molecule has 0 bridgehead atoms. The van der Waals surface area contributed by atoms with Gasteiger partial charge in [0, 0.05) is 19.7 Å². The molecule has 0 saturated heterocycles. The summed E-state index contributed by atoms with van der Waals surface area (Å²) in [6.45, 7) is 1.94. The highest BCUT2D eigenvalue weighted by Gasteiger charge is 2.14. The van der Waals surface area contributed by atoms with Gasteiger partial charge in [-0.1, -0.05) is 0 Å². The number of ether oxygens (including phenoxy) is 1. The summed E-state index contributed by atoms with van der Waals surface area (Å²) in [4.78, 5) is 24.5. The molecule has 1 heterocycles. The van der Waals surface area contributed by atoms with Crippen LogP contribution in [0, 0.1) is 17.0 Å². The third-order valence-corrected chi connectivity index (χ3v) is 2.51. The number of carboxylic acids is 1. The largest absolute Gasteiger partial charge is 0.481 e. The maximum Gasteiger partial charge on any atom is 0.306 e. The molecular formula is C11H15N3O5. The van der Waals surface area contributed by atoms with E-state index >= 15 is 0 Å². The SMILES string of the molecule is COC(CNc1ncc([N+](=O)[O-])cc1C)CC(=O)O. The van der Waals surface area contributed by atoms with E-state index in [-0.39, 0.29) is 18.7 Å². The molecule has 0 radical (unpaired) electrons. The van der Waals surface area contributed by atoms with Crippen molar-refractivity contribution in [2.75, 3.05) is 19.0 Å². The lowest BCUT2D eigenvalue weighted by atomic mass is 10.2. The van der Waals surface area contributed by atoms with E-state index in [0.29, 0.717) is 11.4 Å². The predicted molar refractivity (Wildman–Crippen MR) is 67.2 cm³/mol. The summed E-state index contributed by atoms with van der Waals surface area (Å²) in [5, 5.41) is 22.1. The van der Waals surface area contributed by atoms with Crippen LogP contribution in [-0.2, 0) is 9.53 Å². The number of aromatic nitrogens is 1. The number of hydrogen-bond donors (Lipinski definition) is 2. The van der Waals surface area contributed by atoms with E-state index in [2.05, 4.69) is 10.3 Å². The average molecular weight is 269 g/mol. The highest BCUT2D eigenvalue weighted by molar-refractivity contribution is 5.67. The third-order valence-electron chi connectivity index (χ3n) is 2.51. The van der Waals surface area contributed by atoms with Crippen molar-refractivity contribution >= 4 is 17.5 Å². The minimum atomic E-state index is -0.956. The Labute approximate surface area is 109 Å². The maximum atomic E-state index is 10.6. The number of nitro groups is 1. The number of anilines is 1. The van der Waals surface area contributed by atoms with Gasteiger partial charge in [-0.05, 0) is 12.5 Å². The number of carbonyl (C=O) groups is 1. The summed E-state index contributed by atoms with van der Waals surface area (Å²) in [6.07, 6.45) is 0.526. The summed E-state index contributed by atoms with van der Waals surface area (Å²) in [5.41, 5.74) is 0.524. The normalized spacial score (nSPS) is 11.9. The zero-order valence-corrected chi connectivity index (χ0v) is 10.6. The van der Waals surface area contributed by atoms with E-state index in [0.717, 1.165) is 6.20 Å². The summed E-state index contributed by atoms with van der Waals surface area (Å²) in [6, 6.07) is 1.40. The van der Waals surface area contributed by atoms with Gasteiger partial charge in [0.25, 0.3) is 5.69 Å². The number of hydrogen-bond acceptors (Lipinski definition) is 6. The number of rotatable bonds is 7. The molecule has 2 N–H and O–H groups in total. The molecule has 0 saturated carbocycles. The molecule has 1 unspecified atom stereocenters. The first-order valence-electron chi connectivity index (χ1n) is 5.53. The minimum absolute atomic E-state index is 0.0862. The first-order chi connectivity index (χ1) is 8.93. The van der Waals surface area contributed by atoms with Gasteiger partial charge in [0.1, 0.15) is 12.0 Å². The Morgan fingerprint density at radius 2 is 2.37 bits per heavy atom. The average Bonchev–Trinajstić information content (AvgIpc) is 2.34. The number of methoxy groups -OCH3 is 1. The predicted octanol–water partition coefficient (Wildman–Crippen LogP) is 1.20. The fourth-order valence-electron chi connectivity index (χ4n) is 1.49. The molecule has 1 rings (SSSR count). The van der Waals surface area contributed by atoms with Crippen LogP contribution in [0.5, 0.6) is 0 Å². The summed E-state index contributed by atoms with van der Waals surface area (Å²) < 4.78 is 5.01. The van der Waals surface area contributed by atoms with Gasteiger partial charge in [-0.3, -0.25) is 14.9 Å². The van der Waals surface area contributed by atoms with Crippen molar-refractivity contribution in [2.45, 2.75) is 19.4 Å². The van der Waals surface area contributed by atoms with E-state index in [1.54, 1.807) is 6.92 Å². The molecule has 0 aliphatic rings. The van der Waals surface area contributed by atoms with Crippen molar-refractivity contribution in [3.63, 3.8) is 0 Å². The molecule has 0 fully saturated rings. The molecule has 0 aromatic carbocycles. The summed E-state index contributed by atoms with van der Waals surface area (Å²) in [5.74, 6) is -0.486. The quantitative estimate of drug-likeness (QED) is 0.564. The Morgan fingerprint density at radius 1 is 1.68 bits per heavy atom. The first kappa shape index (κ1) is 14.8. The Balaban J connectivity index is 2.67. The molecule has 0 aliphatic heterocycles. The number of carboxylic acid groups (broad SMARTS) is 1. The number of nitrogens with one attached hydrogen (secondary N) is 1. The van der Waals surface area contributed by atoms with Crippen LogP contribution in [-0.4, -0.2) is 40.7 Å². The van der Waals surface area contributed by atoms with Crippen molar-refractivity contribution in [3.8, 4) is 0 Å². The van der Waals surface area contributed by atoms with Crippen molar-refractivity contribution < 1.29 is 19.6 Å². The van der Waals surface area contributed by atoms with Crippen molar-refractivity contribution in [2.24, 2.45) is 0 Å². The number of nitrogens with zero attached hydrogens (tertiary/aromatic N) is 2. The number of aliphatic carboxylic acids is 1. The highest BCUT2D eigenvalue weighted by Crippen LogP contribution is 2.18. The molecule has 8 nitrogen and oxygen atoms in total. The molecular weight excluding hydrogens is 254 g/mol. The minimum Gasteiger partial charge on any atom is -0.481 e. The molecule has 1 aromatic heterocycles. The molecule has 1 atom stereocenters. The zero-order chi connectivity index (χ0) is 14.4. The Hall–Kier alpha value is -2.22. The molecule has 19 heavy (non-hydrogen) atoms. The first-order valence-corrected chi connectivity index (χ1v) is 5.53. The van der Waals surface area contributed by atoms with Crippen molar-refractivity contribution in [1.29, 1.82) is 0 Å². The monoisotopic (exact) mass is 269 g/mol. The Kier molecular flexibility index (Phi) is 5.19. The molecule has 0 amide bonds. The lowest BCUT2D eigenvalue weighted by Crippen LogP contribution is -2.25.